The monoisotopic (exact) mass is 497 g/mol. The van der Waals surface area contributed by atoms with Gasteiger partial charge in [-0.3, -0.25) is 9.59 Å². The standard InChI is InChI=1S/C28H27N5O4/c34-26(24-8-3-17-36-24)29-22-7-2-6-21(18-22)28(35)33-15-13-32(14-16-33)23-11-9-19(10-12-23)25-30-27(37-31-25)20-4-1-5-20/h2-3,6-12,17-18,20H,1,4-5,13-16H2,(H,29,34). The van der Waals surface area contributed by atoms with Gasteiger partial charge in [0, 0.05) is 54.6 Å². The number of hydrogen-bond donors (Lipinski definition) is 1. The number of benzene rings is 2. The van der Waals surface area contributed by atoms with Gasteiger partial charge in [-0.05, 0) is 67.4 Å². The summed E-state index contributed by atoms with van der Waals surface area (Å²) in [6.07, 6.45) is 4.93. The Hall–Kier alpha value is -4.40. The summed E-state index contributed by atoms with van der Waals surface area (Å²) in [6, 6.07) is 18.4. The van der Waals surface area contributed by atoms with Gasteiger partial charge in [0.1, 0.15) is 0 Å². The highest BCUT2D eigenvalue weighted by atomic mass is 16.5. The van der Waals surface area contributed by atoms with Crippen molar-refractivity contribution in [2.45, 2.75) is 25.2 Å². The second kappa shape index (κ2) is 9.93. The summed E-state index contributed by atoms with van der Waals surface area (Å²) >= 11 is 0. The molecule has 2 aromatic heterocycles. The molecule has 188 valence electrons. The molecule has 2 fully saturated rings. The van der Waals surface area contributed by atoms with Gasteiger partial charge in [-0.2, -0.15) is 4.98 Å². The zero-order valence-electron chi connectivity index (χ0n) is 20.3. The van der Waals surface area contributed by atoms with Gasteiger partial charge in [-0.15, -0.1) is 0 Å². The minimum atomic E-state index is -0.354. The molecule has 37 heavy (non-hydrogen) atoms. The summed E-state index contributed by atoms with van der Waals surface area (Å²) in [5.74, 6) is 1.61. The molecule has 4 aromatic rings. The summed E-state index contributed by atoms with van der Waals surface area (Å²) in [7, 11) is 0. The van der Waals surface area contributed by atoms with E-state index < -0.39 is 0 Å². The van der Waals surface area contributed by atoms with Crippen LogP contribution in [0.1, 0.15) is 52.0 Å². The van der Waals surface area contributed by atoms with Gasteiger partial charge in [-0.1, -0.05) is 17.6 Å². The molecule has 0 spiro atoms. The van der Waals surface area contributed by atoms with Crippen LogP contribution in [0.15, 0.2) is 75.9 Å². The van der Waals surface area contributed by atoms with Crippen LogP contribution in [-0.4, -0.2) is 53.0 Å². The minimum Gasteiger partial charge on any atom is -0.459 e. The molecule has 1 aliphatic heterocycles. The van der Waals surface area contributed by atoms with E-state index in [1.54, 1.807) is 36.4 Å². The Balaban J connectivity index is 1.05. The highest BCUT2D eigenvalue weighted by molar-refractivity contribution is 6.03. The zero-order chi connectivity index (χ0) is 25.2. The number of piperazine rings is 1. The maximum atomic E-state index is 13.1. The predicted octanol–water partition coefficient (Wildman–Crippen LogP) is 4.81. The van der Waals surface area contributed by atoms with Crippen LogP contribution in [0.2, 0.25) is 0 Å². The molecular weight excluding hydrogens is 470 g/mol. The Morgan fingerprint density at radius 3 is 2.46 bits per heavy atom. The Bertz CT molecular complexity index is 1380. The molecule has 2 aromatic carbocycles. The number of carbonyl (C=O) groups is 2. The average Bonchev–Trinajstić information content (AvgIpc) is 3.61. The topological polar surface area (TPSA) is 105 Å². The molecule has 0 unspecified atom stereocenters. The van der Waals surface area contributed by atoms with E-state index in [0.717, 1.165) is 43.1 Å². The molecule has 3 heterocycles. The highest BCUT2D eigenvalue weighted by Gasteiger charge is 2.26. The second-order valence-electron chi connectivity index (χ2n) is 9.42. The van der Waals surface area contributed by atoms with Gasteiger partial charge in [0.15, 0.2) is 5.76 Å². The number of furan rings is 1. The largest absolute Gasteiger partial charge is 0.459 e. The number of nitrogens with zero attached hydrogens (tertiary/aromatic N) is 4. The van der Waals surface area contributed by atoms with Crippen LogP contribution in [0.3, 0.4) is 0 Å². The number of hydrogen-bond acceptors (Lipinski definition) is 7. The first-order valence-electron chi connectivity index (χ1n) is 12.6. The lowest BCUT2D eigenvalue weighted by atomic mass is 9.85. The first-order valence-corrected chi connectivity index (χ1v) is 12.6. The van der Waals surface area contributed by atoms with Crippen LogP contribution in [-0.2, 0) is 0 Å². The van der Waals surface area contributed by atoms with Crippen LogP contribution < -0.4 is 10.2 Å². The summed E-state index contributed by atoms with van der Waals surface area (Å²) in [5.41, 5.74) is 3.12. The number of amides is 2. The van der Waals surface area contributed by atoms with Crippen LogP contribution in [0.5, 0.6) is 0 Å². The van der Waals surface area contributed by atoms with Crippen LogP contribution in [0.4, 0.5) is 11.4 Å². The van der Waals surface area contributed by atoms with Crippen molar-refractivity contribution in [3.8, 4) is 11.4 Å². The van der Waals surface area contributed by atoms with Crippen molar-refractivity contribution in [1.29, 1.82) is 0 Å². The van der Waals surface area contributed by atoms with Crippen molar-refractivity contribution in [3.05, 3.63) is 84.1 Å². The average molecular weight is 498 g/mol. The number of anilines is 2. The van der Waals surface area contributed by atoms with Gasteiger partial charge in [0.05, 0.1) is 6.26 Å². The Labute approximate surface area is 214 Å². The molecule has 0 atom stereocenters. The van der Waals surface area contributed by atoms with E-state index in [1.807, 2.05) is 17.0 Å². The third-order valence-electron chi connectivity index (χ3n) is 7.07. The SMILES string of the molecule is O=C(Nc1cccc(C(=O)N2CCN(c3ccc(-c4noc(C5CCC5)n4)cc3)CC2)c1)c1ccco1. The van der Waals surface area contributed by atoms with Crippen molar-refractivity contribution >= 4 is 23.2 Å². The van der Waals surface area contributed by atoms with Gasteiger partial charge >= 0.3 is 0 Å². The minimum absolute atomic E-state index is 0.0523. The highest BCUT2D eigenvalue weighted by Crippen LogP contribution is 2.36. The summed E-state index contributed by atoms with van der Waals surface area (Å²) in [6.45, 7) is 2.68. The number of aromatic nitrogens is 2. The van der Waals surface area contributed by atoms with Gasteiger partial charge < -0.3 is 24.1 Å². The Kier molecular flexibility index (Phi) is 6.18. The smallest absolute Gasteiger partial charge is 0.291 e. The van der Waals surface area contributed by atoms with Crippen molar-refractivity contribution in [1.82, 2.24) is 15.0 Å². The lowest BCUT2D eigenvalue weighted by Crippen LogP contribution is -2.48. The molecule has 2 amide bonds. The predicted molar refractivity (Wildman–Crippen MR) is 138 cm³/mol. The molecule has 1 saturated heterocycles. The summed E-state index contributed by atoms with van der Waals surface area (Å²) < 4.78 is 10.6. The van der Waals surface area contributed by atoms with Gasteiger partial charge in [0.2, 0.25) is 11.7 Å². The lowest BCUT2D eigenvalue weighted by molar-refractivity contribution is 0.0746. The second-order valence-corrected chi connectivity index (χ2v) is 9.42. The molecule has 0 radical (unpaired) electrons. The fourth-order valence-corrected chi connectivity index (χ4v) is 4.68. The number of nitrogens with one attached hydrogen (secondary N) is 1. The zero-order valence-corrected chi connectivity index (χ0v) is 20.3. The van der Waals surface area contributed by atoms with Crippen LogP contribution in [0.25, 0.3) is 11.4 Å². The molecule has 0 bridgehead atoms. The normalized spacial score (nSPS) is 15.9. The van der Waals surface area contributed by atoms with Crippen molar-refractivity contribution in [2.75, 3.05) is 36.4 Å². The molecule has 9 heteroatoms. The molecular formula is C28H27N5O4. The maximum absolute atomic E-state index is 13.1. The van der Waals surface area contributed by atoms with Crippen LogP contribution in [0, 0.1) is 0 Å². The number of rotatable bonds is 6. The van der Waals surface area contributed by atoms with E-state index in [2.05, 4.69) is 32.5 Å². The van der Waals surface area contributed by atoms with Crippen molar-refractivity contribution < 1.29 is 18.5 Å². The third-order valence-corrected chi connectivity index (χ3v) is 7.07. The summed E-state index contributed by atoms with van der Waals surface area (Å²) in [4.78, 5) is 34.1. The van der Waals surface area contributed by atoms with Crippen molar-refractivity contribution in [3.63, 3.8) is 0 Å². The summed E-state index contributed by atoms with van der Waals surface area (Å²) in [5, 5.41) is 6.93. The Morgan fingerprint density at radius 1 is 0.946 bits per heavy atom. The van der Waals surface area contributed by atoms with E-state index in [0.29, 0.717) is 36.1 Å². The quantitative estimate of drug-likeness (QED) is 0.408. The molecule has 1 aliphatic carbocycles. The first kappa shape index (κ1) is 23.0. The molecule has 1 saturated carbocycles. The number of carbonyl (C=O) groups excluding carboxylic acids is 2. The van der Waals surface area contributed by atoms with Gasteiger partial charge in [-0.25, -0.2) is 0 Å². The van der Waals surface area contributed by atoms with E-state index in [4.69, 9.17) is 8.94 Å². The lowest BCUT2D eigenvalue weighted by Gasteiger charge is -2.36. The molecule has 6 rings (SSSR count). The Morgan fingerprint density at radius 2 is 1.76 bits per heavy atom. The fraction of sp³-hybridized carbons (Fsp3) is 0.286. The van der Waals surface area contributed by atoms with E-state index >= 15 is 0 Å². The van der Waals surface area contributed by atoms with E-state index in [1.165, 1.54) is 12.7 Å². The third kappa shape index (κ3) is 4.84. The van der Waals surface area contributed by atoms with E-state index in [-0.39, 0.29) is 17.6 Å². The maximum Gasteiger partial charge on any atom is 0.291 e. The first-order chi connectivity index (χ1) is 18.1. The molecule has 1 N–H and O–H groups in total. The van der Waals surface area contributed by atoms with Crippen LogP contribution >= 0.6 is 0 Å². The van der Waals surface area contributed by atoms with Crippen molar-refractivity contribution in [2.24, 2.45) is 0 Å². The van der Waals surface area contributed by atoms with E-state index in [9.17, 15) is 9.59 Å². The molecule has 2 aliphatic rings. The van der Waals surface area contributed by atoms with Gasteiger partial charge in [0.25, 0.3) is 11.8 Å². The fourth-order valence-electron chi connectivity index (χ4n) is 4.68. The molecule has 9 nitrogen and oxygen atoms in total.